The Labute approximate surface area is 121 Å². The van der Waals surface area contributed by atoms with Gasteiger partial charge >= 0.3 is 0 Å². The second kappa shape index (κ2) is 7.15. The molecule has 1 aliphatic rings. The van der Waals surface area contributed by atoms with Gasteiger partial charge in [-0.3, -0.25) is 4.79 Å². The molecule has 1 saturated carbocycles. The van der Waals surface area contributed by atoms with E-state index in [1.165, 1.54) is 31.0 Å². The van der Waals surface area contributed by atoms with Gasteiger partial charge in [0.05, 0.1) is 0 Å². The fraction of sp³-hybridized carbons (Fsp3) is 0.400. The number of hydrogen-bond donors (Lipinski definition) is 0. The van der Waals surface area contributed by atoms with Crippen molar-refractivity contribution in [1.82, 2.24) is 0 Å². The van der Waals surface area contributed by atoms with Crippen molar-refractivity contribution in [3.8, 4) is 0 Å². The van der Waals surface area contributed by atoms with Crippen LogP contribution in [-0.2, 0) is 4.79 Å². The van der Waals surface area contributed by atoms with E-state index in [-0.39, 0.29) is 5.12 Å². The Morgan fingerprint density at radius 3 is 2.67 bits per heavy atom. The Morgan fingerprint density at radius 1 is 1.22 bits per heavy atom. The number of carbonyl (C=O) groups is 1. The number of carbonyl (C=O) groups excluding carboxylic acids is 1. The lowest BCUT2D eigenvalue weighted by Gasteiger charge is -2.25. The van der Waals surface area contributed by atoms with Crippen LogP contribution in [0.15, 0.2) is 36.4 Å². The maximum Gasteiger partial charge on any atom is 0.212 e. The molecule has 0 amide bonds. The molecule has 0 spiro atoms. The molecule has 1 fully saturated rings. The first-order valence-corrected chi connectivity index (χ1v) is 8.13. The number of alkyl halides is 1. The van der Waals surface area contributed by atoms with Crippen molar-refractivity contribution in [3.05, 3.63) is 42.0 Å². The molecule has 1 aromatic rings. The molecular formula is C15H17BrOS. The lowest BCUT2D eigenvalue weighted by Crippen LogP contribution is -2.22. The molecule has 0 radical (unpaired) electrons. The van der Waals surface area contributed by atoms with Gasteiger partial charge in [-0.05, 0) is 24.5 Å². The number of benzene rings is 1. The SMILES string of the molecule is O=C(/C=C/c1ccccc1)S[C@H]1CCCC[C@@H]1Br. The highest BCUT2D eigenvalue weighted by Crippen LogP contribution is 2.33. The van der Waals surface area contributed by atoms with Crippen LogP contribution >= 0.6 is 27.7 Å². The first kappa shape index (κ1) is 13.9. The minimum absolute atomic E-state index is 0.162. The summed E-state index contributed by atoms with van der Waals surface area (Å²) in [5, 5.41) is 0.599. The third-order valence-electron chi connectivity index (χ3n) is 3.10. The quantitative estimate of drug-likeness (QED) is 0.594. The molecule has 0 N–H and O–H groups in total. The van der Waals surface area contributed by atoms with Crippen LogP contribution in [0.1, 0.15) is 31.2 Å². The van der Waals surface area contributed by atoms with Crippen LogP contribution in [0.25, 0.3) is 6.08 Å². The number of thioether (sulfide) groups is 1. The van der Waals surface area contributed by atoms with E-state index in [9.17, 15) is 4.79 Å². The third-order valence-corrected chi connectivity index (χ3v) is 5.78. The van der Waals surface area contributed by atoms with E-state index in [2.05, 4.69) is 15.9 Å². The number of hydrogen-bond acceptors (Lipinski definition) is 2. The smallest absolute Gasteiger partial charge is 0.212 e. The van der Waals surface area contributed by atoms with Crippen molar-refractivity contribution in [1.29, 1.82) is 0 Å². The molecule has 0 heterocycles. The van der Waals surface area contributed by atoms with Crippen LogP contribution in [0.2, 0.25) is 0 Å². The van der Waals surface area contributed by atoms with Crippen molar-refractivity contribution in [2.24, 2.45) is 0 Å². The molecular weight excluding hydrogens is 308 g/mol. The van der Waals surface area contributed by atoms with Crippen LogP contribution in [0.5, 0.6) is 0 Å². The van der Waals surface area contributed by atoms with Crippen LogP contribution < -0.4 is 0 Å². The standard InChI is InChI=1S/C15H17BrOS/c16-13-8-4-5-9-14(13)18-15(17)11-10-12-6-2-1-3-7-12/h1-3,6-7,10-11,13-14H,4-5,8-9H2/b11-10+/t13-,14-/m0/s1. The summed E-state index contributed by atoms with van der Waals surface area (Å²) in [6.07, 6.45) is 8.44. The van der Waals surface area contributed by atoms with Crippen molar-refractivity contribution in [2.45, 2.75) is 35.8 Å². The highest BCUT2D eigenvalue weighted by Gasteiger charge is 2.24. The summed E-state index contributed by atoms with van der Waals surface area (Å²) in [5.74, 6) is 0. The Kier molecular flexibility index (Phi) is 5.51. The second-order valence-electron chi connectivity index (χ2n) is 4.52. The molecule has 1 aromatic carbocycles. The average molecular weight is 325 g/mol. The normalized spacial score (nSPS) is 24.3. The lowest BCUT2D eigenvalue weighted by atomic mass is 10.0. The minimum atomic E-state index is 0.162. The first-order valence-electron chi connectivity index (χ1n) is 6.33. The van der Waals surface area contributed by atoms with Crippen LogP contribution in [0, 0.1) is 0 Å². The van der Waals surface area contributed by atoms with Gasteiger partial charge < -0.3 is 0 Å². The first-order chi connectivity index (χ1) is 8.75. The molecule has 2 atom stereocenters. The predicted octanol–water partition coefficient (Wildman–Crippen LogP) is 4.67. The molecule has 1 nitrogen and oxygen atoms in total. The fourth-order valence-corrected chi connectivity index (χ4v) is 4.03. The van der Waals surface area contributed by atoms with E-state index in [4.69, 9.17) is 0 Å². The molecule has 2 rings (SSSR count). The summed E-state index contributed by atoms with van der Waals surface area (Å²) in [6.45, 7) is 0. The van der Waals surface area contributed by atoms with Gasteiger partial charge in [-0.1, -0.05) is 76.9 Å². The summed E-state index contributed by atoms with van der Waals surface area (Å²) < 4.78 is 0. The van der Waals surface area contributed by atoms with Gasteiger partial charge in [-0.15, -0.1) is 0 Å². The zero-order valence-corrected chi connectivity index (χ0v) is 12.6. The molecule has 0 aliphatic heterocycles. The summed E-state index contributed by atoms with van der Waals surface area (Å²) in [5.41, 5.74) is 1.07. The van der Waals surface area contributed by atoms with E-state index in [0.29, 0.717) is 10.1 Å². The van der Waals surface area contributed by atoms with E-state index >= 15 is 0 Å². The third kappa shape index (κ3) is 4.29. The Balaban J connectivity index is 1.86. The van der Waals surface area contributed by atoms with Crippen LogP contribution in [0.3, 0.4) is 0 Å². The van der Waals surface area contributed by atoms with Gasteiger partial charge in [-0.25, -0.2) is 0 Å². The maximum atomic E-state index is 11.9. The Morgan fingerprint density at radius 2 is 1.94 bits per heavy atom. The molecule has 1 aliphatic carbocycles. The van der Waals surface area contributed by atoms with Crippen molar-refractivity contribution >= 4 is 38.9 Å². The fourth-order valence-electron chi connectivity index (χ4n) is 2.10. The van der Waals surface area contributed by atoms with Gasteiger partial charge in [0.25, 0.3) is 0 Å². The van der Waals surface area contributed by atoms with E-state index in [0.717, 1.165) is 12.0 Å². The molecule has 96 valence electrons. The summed E-state index contributed by atoms with van der Waals surface area (Å²) in [7, 11) is 0. The van der Waals surface area contributed by atoms with Gasteiger partial charge in [0.2, 0.25) is 5.12 Å². The Bertz CT molecular complexity index is 416. The topological polar surface area (TPSA) is 17.1 Å². The zero-order chi connectivity index (χ0) is 12.8. The molecule has 0 saturated heterocycles. The summed E-state index contributed by atoms with van der Waals surface area (Å²) in [4.78, 5) is 12.4. The number of rotatable bonds is 3. The lowest BCUT2D eigenvalue weighted by molar-refractivity contribution is -0.107. The predicted molar refractivity (Wildman–Crippen MR) is 83.0 cm³/mol. The minimum Gasteiger partial charge on any atom is -0.282 e. The molecule has 18 heavy (non-hydrogen) atoms. The van der Waals surface area contributed by atoms with Gasteiger partial charge in [0.15, 0.2) is 0 Å². The Hall–Kier alpha value is -0.540. The summed E-state index contributed by atoms with van der Waals surface area (Å²) in [6, 6.07) is 9.94. The molecule has 0 unspecified atom stereocenters. The molecule has 0 bridgehead atoms. The highest BCUT2D eigenvalue weighted by atomic mass is 79.9. The molecule has 3 heteroatoms. The van der Waals surface area contributed by atoms with E-state index in [1.807, 2.05) is 36.4 Å². The molecule has 0 aromatic heterocycles. The van der Waals surface area contributed by atoms with Crippen LogP contribution in [-0.4, -0.2) is 15.2 Å². The monoisotopic (exact) mass is 324 g/mol. The average Bonchev–Trinajstić information content (AvgIpc) is 2.40. The summed E-state index contributed by atoms with van der Waals surface area (Å²) >= 11 is 5.16. The maximum absolute atomic E-state index is 11.9. The largest absolute Gasteiger partial charge is 0.282 e. The zero-order valence-electron chi connectivity index (χ0n) is 10.2. The van der Waals surface area contributed by atoms with Crippen molar-refractivity contribution in [2.75, 3.05) is 0 Å². The van der Waals surface area contributed by atoms with Gasteiger partial charge in [0, 0.05) is 10.1 Å². The second-order valence-corrected chi connectivity index (χ2v) is 6.94. The van der Waals surface area contributed by atoms with Gasteiger partial charge in [-0.2, -0.15) is 0 Å². The van der Waals surface area contributed by atoms with Gasteiger partial charge in [0.1, 0.15) is 0 Å². The highest BCUT2D eigenvalue weighted by molar-refractivity contribution is 9.09. The van der Waals surface area contributed by atoms with Crippen LogP contribution in [0.4, 0.5) is 0 Å². The van der Waals surface area contributed by atoms with Crippen molar-refractivity contribution in [3.63, 3.8) is 0 Å². The van der Waals surface area contributed by atoms with Crippen molar-refractivity contribution < 1.29 is 4.79 Å². The van der Waals surface area contributed by atoms with E-state index < -0.39 is 0 Å². The van der Waals surface area contributed by atoms with E-state index in [1.54, 1.807) is 6.08 Å². The number of halogens is 1.